The maximum absolute atomic E-state index is 12.1. The number of amides is 1. The van der Waals surface area contributed by atoms with E-state index in [0.717, 1.165) is 65.5 Å². The second kappa shape index (κ2) is 10.3. The van der Waals surface area contributed by atoms with E-state index >= 15 is 0 Å². The van der Waals surface area contributed by atoms with Crippen LogP contribution in [0.15, 0.2) is 79.3 Å². The maximum Gasteiger partial charge on any atom is 0.227 e. The summed E-state index contributed by atoms with van der Waals surface area (Å²) in [5, 5.41) is 10.2. The molecule has 2 aromatic carbocycles. The van der Waals surface area contributed by atoms with Gasteiger partial charge in [0, 0.05) is 53.8 Å². The summed E-state index contributed by atoms with van der Waals surface area (Å²) < 4.78 is 0. The summed E-state index contributed by atoms with van der Waals surface area (Å²) in [6, 6.07) is 19.9. The molecule has 0 bridgehead atoms. The molecule has 8 nitrogen and oxygen atoms in total. The van der Waals surface area contributed by atoms with Gasteiger partial charge in [-0.15, -0.1) is 0 Å². The van der Waals surface area contributed by atoms with Gasteiger partial charge in [-0.3, -0.25) is 14.7 Å². The highest BCUT2D eigenvalue weighted by Gasteiger charge is 2.15. The summed E-state index contributed by atoms with van der Waals surface area (Å²) in [7, 11) is 0. The van der Waals surface area contributed by atoms with Crippen LogP contribution < -0.4 is 20.9 Å². The number of hydrogen-bond acceptors (Lipinski definition) is 7. The van der Waals surface area contributed by atoms with Gasteiger partial charge in [0.15, 0.2) is 0 Å². The predicted octanol–water partition coefficient (Wildman–Crippen LogP) is 4.66. The Labute approximate surface area is 204 Å². The number of hydrogen-bond donors (Lipinski definition) is 3. The zero-order chi connectivity index (χ0) is 24.0. The molecule has 1 fully saturated rings. The third-order valence-electron chi connectivity index (χ3n) is 6.04. The van der Waals surface area contributed by atoms with Crippen molar-refractivity contribution < 1.29 is 4.79 Å². The molecule has 1 aliphatic rings. The van der Waals surface area contributed by atoms with Crippen LogP contribution in [0.25, 0.3) is 11.3 Å². The number of aromatic nitrogens is 3. The molecule has 35 heavy (non-hydrogen) atoms. The molecule has 8 heteroatoms. The molecule has 1 amide bonds. The standard InChI is InChI=1S/C27H27N7O/c1-19-4-7-24(34(18-35)23-8-5-21(6-9-23)31-22-10-13-29-17-22)15-26(19)33-27-30-14-11-25(32-27)20-3-2-12-28-16-20/h2-9,11-12,14-16,18,22,29,31H,10,13,17H2,1H3,(H,30,32,33). The third kappa shape index (κ3) is 5.28. The van der Waals surface area contributed by atoms with E-state index in [-0.39, 0.29) is 0 Å². The van der Waals surface area contributed by atoms with Crippen LogP contribution in [0.3, 0.4) is 0 Å². The number of aryl methyl sites for hydroxylation is 1. The summed E-state index contributed by atoms with van der Waals surface area (Å²) in [6.07, 6.45) is 7.15. The van der Waals surface area contributed by atoms with Gasteiger partial charge in [0.1, 0.15) is 0 Å². The van der Waals surface area contributed by atoms with E-state index in [1.165, 1.54) is 0 Å². The van der Waals surface area contributed by atoms with Gasteiger partial charge in [-0.1, -0.05) is 6.07 Å². The second-order valence-electron chi connectivity index (χ2n) is 8.49. The summed E-state index contributed by atoms with van der Waals surface area (Å²) >= 11 is 0. The monoisotopic (exact) mass is 465 g/mol. The van der Waals surface area contributed by atoms with E-state index in [1.54, 1.807) is 23.5 Å². The molecule has 1 unspecified atom stereocenters. The van der Waals surface area contributed by atoms with E-state index in [9.17, 15) is 4.79 Å². The number of pyridine rings is 1. The van der Waals surface area contributed by atoms with Crippen molar-refractivity contribution in [3.63, 3.8) is 0 Å². The fourth-order valence-corrected chi connectivity index (χ4v) is 4.11. The van der Waals surface area contributed by atoms with Gasteiger partial charge in [0.25, 0.3) is 0 Å². The minimum Gasteiger partial charge on any atom is -0.381 e. The zero-order valence-electron chi connectivity index (χ0n) is 19.5. The average Bonchev–Trinajstić information content (AvgIpc) is 3.41. The Kier molecular flexibility index (Phi) is 6.63. The summed E-state index contributed by atoms with van der Waals surface area (Å²) in [5.74, 6) is 0.473. The average molecular weight is 466 g/mol. The van der Waals surface area contributed by atoms with Crippen LogP contribution in [0.1, 0.15) is 12.0 Å². The fourth-order valence-electron chi connectivity index (χ4n) is 4.11. The molecule has 176 valence electrons. The van der Waals surface area contributed by atoms with Gasteiger partial charge in [-0.05, 0) is 80.1 Å². The number of benzene rings is 2. The lowest BCUT2D eigenvalue weighted by molar-refractivity contribution is -0.106. The highest BCUT2D eigenvalue weighted by atomic mass is 16.1. The minimum atomic E-state index is 0.438. The highest BCUT2D eigenvalue weighted by molar-refractivity contribution is 5.88. The van der Waals surface area contributed by atoms with Gasteiger partial charge < -0.3 is 16.0 Å². The molecule has 5 rings (SSSR count). The first-order valence-electron chi connectivity index (χ1n) is 11.6. The van der Waals surface area contributed by atoms with E-state index < -0.39 is 0 Å². The van der Waals surface area contributed by atoms with Crippen molar-refractivity contribution in [1.82, 2.24) is 20.3 Å². The Hall–Kier alpha value is -4.30. The second-order valence-corrected chi connectivity index (χ2v) is 8.49. The van der Waals surface area contributed by atoms with Crippen LogP contribution in [0.5, 0.6) is 0 Å². The molecule has 1 aliphatic heterocycles. The molecule has 1 atom stereocenters. The minimum absolute atomic E-state index is 0.438. The van der Waals surface area contributed by atoms with E-state index in [0.29, 0.717) is 12.0 Å². The van der Waals surface area contributed by atoms with Crippen molar-refractivity contribution >= 4 is 35.1 Å². The number of nitrogens with zero attached hydrogens (tertiary/aromatic N) is 4. The van der Waals surface area contributed by atoms with Gasteiger partial charge in [-0.25, -0.2) is 9.97 Å². The number of anilines is 5. The van der Waals surface area contributed by atoms with Gasteiger partial charge in [0.2, 0.25) is 12.4 Å². The molecular formula is C27H27N7O. The first kappa shape index (κ1) is 22.5. The third-order valence-corrected chi connectivity index (χ3v) is 6.04. The SMILES string of the molecule is Cc1ccc(N(C=O)c2ccc(NC3CCNC3)cc2)cc1Nc1nccc(-c2cccnc2)n1. The summed E-state index contributed by atoms with van der Waals surface area (Å²) in [4.78, 5) is 26.9. The first-order valence-corrected chi connectivity index (χ1v) is 11.6. The van der Waals surface area contributed by atoms with Gasteiger partial charge in [-0.2, -0.15) is 0 Å². The van der Waals surface area contributed by atoms with Crippen molar-refractivity contribution in [2.24, 2.45) is 0 Å². The van der Waals surface area contributed by atoms with Crippen molar-refractivity contribution in [3.05, 3.63) is 84.8 Å². The Morgan fingerprint density at radius 2 is 1.91 bits per heavy atom. The largest absolute Gasteiger partial charge is 0.381 e. The van der Waals surface area contributed by atoms with Gasteiger partial charge >= 0.3 is 0 Å². The Morgan fingerprint density at radius 3 is 2.66 bits per heavy atom. The number of nitrogens with one attached hydrogen (secondary N) is 3. The Morgan fingerprint density at radius 1 is 1.06 bits per heavy atom. The van der Waals surface area contributed by atoms with E-state index in [2.05, 4.69) is 30.9 Å². The van der Waals surface area contributed by atoms with E-state index in [1.807, 2.05) is 67.6 Å². The lowest BCUT2D eigenvalue weighted by atomic mass is 10.1. The van der Waals surface area contributed by atoms with Crippen LogP contribution in [0, 0.1) is 6.92 Å². The molecule has 2 aromatic heterocycles. The highest BCUT2D eigenvalue weighted by Crippen LogP contribution is 2.30. The summed E-state index contributed by atoms with van der Waals surface area (Å²) in [5.41, 5.74) is 6.12. The molecule has 0 spiro atoms. The van der Waals surface area contributed by atoms with Crippen molar-refractivity contribution in [3.8, 4) is 11.3 Å². The molecule has 0 saturated carbocycles. The molecule has 0 radical (unpaired) electrons. The van der Waals surface area contributed by atoms with Crippen molar-refractivity contribution in [2.75, 3.05) is 28.6 Å². The Balaban J connectivity index is 1.36. The smallest absolute Gasteiger partial charge is 0.227 e. The molecule has 4 aromatic rings. The van der Waals surface area contributed by atoms with Crippen LogP contribution in [-0.4, -0.2) is 40.5 Å². The fraction of sp³-hybridized carbons (Fsp3) is 0.185. The van der Waals surface area contributed by atoms with E-state index in [4.69, 9.17) is 0 Å². The van der Waals surface area contributed by atoms with Crippen molar-refractivity contribution in [1.29, 1.82) is 0 Å². The van der Waals surface area contributed by atoms with Crippen LogP contribution in [0.2, 0.25) is 0 Å². The first-order chi connectivity index (χ1) is 17.2. The molecule has 0 aliphatic carbocycles. The molecule has 1 saturated heterocycles. The predicted molar refractivity (Wildman–Crippen MR) is 139 cm³/mol. The number of carbonyl (C=O) groups excluding carboxylic acids is 1. The topological polar surface area (TPSA) is 95.1 Å². The molecular weight excluding hydrogens is 438 g/mol. The van der Waals surface area contributed by atoms with Crippen LogP contribution in [0.4, 0.5) is 28.7 Å². The number of carbonyl (C=O) groups is 1. The normalized spacial score (nSPS) is 14.9. The van der Waals surface area contributed by atoms with Gasteiger partial charge in [0.05, 0.1) is 11.4 Å². The lowest BCUT2D eigenvalue weighted by Gasteiger charge is -2.20. The maximum atomic E-state index is 12.1. The summed E-state index contributed by atoms with van der Waals surface area (Å²) in [6.45, 7) is 4.01. The molecule has 3 N–H and O–H groups in total. The quantitative estimate of drug-likeness (QED) is 0.326. The molecule has 3 heterocycles. The van der Waals surface area contributed by atoms with Crippen LogP contribution in [-0.2, 0) is 4.79 Å². The zero-order valence-corrected chi connectivity index (χ0v) is 19.5. The Bertz CT molecular complexity index is 1290. The van der Waals surface area contributed by atoms with Crippen LogP contribution >= 0.6 is 0 Å². The number of rotatable bonds is 8. The van der Waals surface area contributed by atoms with Crippen molar-refractivity contribution in [2.45, 2.75) is 19.4 Å². The lowest BCUT2D eigenvalue weighted by Crippen LogP contribution is -2.22.